The minimum atomic E-state index is -0.464. The van der Waals surface area contributed by atoms with E-state index in [-0.39, 0.29) is 17.0 Å². The predicted molar refractivity (Wildman–Crippen MR) is 95.9 cm³/mol. The van der Waals surface area contributed by atoms with Crippen molar-refractivity contribution in [1.82, 2.24) is 0 Å². The molecule has 0 aliphatic rings. The maximum absolute atomic E-state index is 12.0. The number of benzene rings is 2. The van der Waals surface area contributed by atoms with E-state index in [1.165, 1.54) is 23.8 Å². The van der Waals surface area contributed by atoms with Gasteiger partial charge in [0, 0.05) is 23.9 Å². The highest BCUT2D eigenvalue weighted by Crippen LogP contribution is 2.23. The zero-order valence-corrected chi connectivity index (χ0v) is 13.9. The van der Waals surface area contributed by atoms with Gasteiger partial charge in [-0.15, -0.1) is 0 Å². The lowest BCUT2D eigenvalue weighted by atomic mass is 9.87. The Morgan fingerprint density at radius 3 is 2.38 bits per heavy atom. The van der Waals surface area contributed by atoms with Gasteiger partial charge in [0.15, 0.2) is 0 Å². The molecule has 0 saturated carbocycles. The highest BCUT2D eigenvalue weighted by atomic mass is 16.6. The molecule has 5 nitrogen and oxygen atoms in total. The molecule has 0 fully saturated rings. The third-order valence-corrected chi connectivity index (χ3v) is 3.53. The molecule has 0 bridgehead atoms. The number of rotatable bonds is 4. The highest BCUT2D eigenvalue weighted by Gasteiger charge is 2.12. The minimum absolute atomic E-state index is 0.00433. The lowest BCUT2D eigenvalue weighted by molar-refractivity contribution is -0.384. The second-order valence-corrected chi connectivity index (χ2v) is 6.50. The van der Waals surface area contributed by atoms with Crippen molar-refractivity contribution in [3.8, 4) is 0 Å². The number of hydrogen-bond acceptors (Lipinski definition) is 3. The molecule has 0 aliphatic carbocycles. The van der Waals surface area contributed by atoms with Crippen LogP contribution in [0.4, 0.5) is 11.4 Å². The van der Waals surface area contributed by atoms with Crippen molar-refractivity contribution in [2.24, 2.45) is 0 Å². The molecular formula is C19H20N2O3. The number of hydrogen-bond donors (Lipinski definition) is 1. The first-order valence-electron chi connectivity index (χ1n) is 7.60. The van der Waals surface area contributed by atoms with Gasteiger partial charge >= 0.3 is 0 Å². The lowest BCUT2D eigenvalue weighted by Crippen LogP contribution is -2.12. The Balaban J connectivity index is 2.03. The average molecular weight is 324 g/mol. The Morgan fingerprint density at radius 2 is 1.79 bits per heavy atom. The Kier molecular flexibility index (Phi) is 5.14. The monoisotopic (exact) mass is 324 g/mol. The van der Waals surface area contributed by atoms with Gasteiger partial charge in [-0.25, -0.2) is 0 Å². The number of nitro groups is 1. The predicted octanol–water partition coefficient (Wildman–Crippen LogP) is 4.54. The maximum atomic E-state index is 12.0. The number of nitrogens with zero attached hydrogens (tertiary/aromatic N) is 1. The van der Waals surface area contributed by atoms with Crippen LogP contribution in [0.5, 0.6) is 0 Å². The van der Waals surface area contributed by atoms with Crippen molar-refractivity contribution >= 4 is 23.4 Å². The Hall–Kier alpha value is -2.95. The first-order valence-corrected chi connectivity index (χ1v) is 7.60. The molecule has 0 saturated heterocycles. The van der Waals surface area contributed by atoms with Gasteiger partial charge in [-0.2, -0.15) is 0 Å². The van der Waals surface area contributed by atoms with E-state index in [2.05, 4.69) is 26.1 Å². The maximum Gasteiger partial charge on any atom is 0.270 e. The summed E-state index contributed by atoms with van der Waals surface area (Å²) >= 11 is 0. The highest BCUT2D eigenvalue weighted by molar-refractivity contribution is 6.01. The lowest BCUT2D eigenvalue weighted by Gasteiger charge is -2.19. The number of nitrogens with one attached hydrogen (secondary N) is 1. The van der Waals surface area contributed by atoms with Crippen LogP contribution >= 0.6 is 0 Å². The molecule has 0 radical (unpaired) electrons. The molecule has 0 atom stereocenters. The molecule has 24 heavy (non-hydrogen) atoms. The number of amides is 1. The molecule has 2 aromatic rings. The first-order chi connectivity index (χ1) is 11.3. The molecule has 5 heteroatoms. The van der Waals surface area contributed by atoms with E-state index in [1.807, 2.05) is 24.3 Å². The number of nitro benzene ring substituents is 1. The molecule has 0 aliphatic heterocycles. The van der Waals surface area contributed by atoms with Crippen LogP contribution in [0.3, 0.4) is 0 Å². The number of non-ortho nitro benzene ring substituents is 1. The standard InChI is InChI=1S/C19H20N2O3/c1-19(2,3)15-8-10-16(11-9-15)20-18(22)12-7-14-5-4-6-17(13-14)21(23)24/h4-13H,1-3H3,(H,20,22). The fourth-order valence-corrected chi connectivity index (χ4v) is 2.15. The van der Waals surface area contributed by atoms with Crippen LogP contribution < -0.4 is 5.32 Å². The fourth-order valence-electron chi connectivity index (χ4n) is 2.15. The third-order valence-electron chi connectivity index (χ3n) is 3.53. The SMILES string of the molecule is CC(C)(C)c1ccc(NC(=O)C=Cc2cccc([N+](=O)[O-])c2)cc1. The van der Waals surface area contributed by atoms with Gasteiger partial charge in [0.2, 0.25) is 5.91 Å². The van der Waals surface area contributed by atoms with Crippen LogP contribution in [0.2, 0.25) is 0 Å². The van der Waals surface area contributed by atoms with Gasteiger partial charge in [-0.1, -0.05) is 45.0 Å². The van der Waals surface area contributed by atoms with E-state index < -0.39 is 4.92 Å². The van der Waals surface area contributed by atoms with E-state index >= 15 is 0 Å². The van der Waals surface area contributed by atoms with Crippen LogP contribution in [-0.4, -0.2) is 10.8 Å². The first kappa shape index (κ1) is 17.4. The van der Waals surface area contributed by atoms with Crippen molar-refractivity contribution in [2.45, 2.75) is 26.2 Å². The van der Waals surface area contributed by atoms with E-state index in [0.717, 1.165) is 0 Å². The molecule has 1 amide bonds. The molecule has 124 valence electrons. The summed E-state index contributed by atoms with van der Waals surface area (Å²) in [4.78, 5) is 22.2. The summed E-state index contributed by atoms with van der Waals surface area (Å²) in [5.74, 6) is -0.287. The average Bonchev–Trinajstić information content (AvgIpc) is 2.53. The van der Waals surface area contributed by atoms with Gasteiger partial charge < -0.3 is 5.32 Å². The third kappa shape index (κ3) is 4.78. The summed E-state index contributed by atoms with van der Waals surface area (Å²) in [5, 5.41) is 13.5. The largest absolute Gasteiger partial charge is 0.323 e. The molecule has 0 aromatic heterocycles. The van der Waals surface area contributed by atoms with Gasteiger partial charge in [0.25, 0.3) is 5.69 Å². The van der Waals surface area contributed by atoms with Crippen molar-refractivity contribution < 1.29 is 9.72 Å². The molecule has 0 unspecified atom stereocenters. The normalized spacial score (nSPS) is 11.5. The van der Waals surface area contributed by atoms with Gasteiger partial charge in [0.05, 0.1) is 4.92 Å². The van der Waals surface area contributed by atoms with Crippen LogP contribution in [-0.2, 0) is 10.2 Å². The summed E-state index contributed by atoms with van der Waals surface area (Å²) in [5.41, 5.74) is 2.55. The van der Waals surface area contributed by atoms with Crippen molar-refractivity contribution in [1.29, 1.82) is 0 Å². The van der Waals surface area contributed by atoms with Gasteiger partial charge in [0.1, 0.15) is 0 Å². The van der Waals surface area contributed by atoms with E-state index in [0.29, 0.717) is 11.3 Å². The number of carbonyl (C=O) groups excluding carboxylic acids is 1. The van der Waals surface area contributed by atoms with Crippen LogP contribution in [0.25, 0.3) is 6.08 Å². The summed E-state index contributed by atoms with van der Waals surface area (Å²) in [6, 6.07) is 13.8. The molecule has 0 spiro atoms. The Morgan fingerprint density at radius 1 is 1.12 bits per heavy atom. The van der Waals surface area contributed by atoms with E-state index in [4.69, 9.17) is 0 Å². The van der Waals surface area contributed by atoms with Crippen LogP contribution in [0.15, 0.2) is 54.6 Å². The summed E-state index contributed by atoms with van der Waals surface area (Å²) < 4.78 is 0. The van der Waals surface area contributed by atoms with Crippen LogP contribution in [0, 0.1) is 10.1 Å². The molecule has 0 heterocycles. The Labute approximate surface area is 141 Å². The van der Waals surface area contributed by atoms with E-state index in [1.54, 1.807) is 18.2 Å². The molecular weight excluding hydrogens is 304 g/mol. The van der Waals surface area contributed by atoms with Gasteiger partial charge in [-0.3, -0.25) is 14.9 Å². The van der Waals surface area contributed by atoms with Gasteiger partial charge in [-0.05, 0) is 34.8 Å². The quantitative estimate of drug-likeness (QED) is 0.509. The second kappa shape index (κ2) is 7.08. The number of carbonyl (C=O) groups is 1. The summed E-state index contributed by atoms with van der Waals surface area (Å²) in [6.07, 6.45) is 2.91. The van der Waals surface area contributed by atoms with Crippen molar-refractivity contribution in [2.75, 3.05) is 5.32 Å². The van der Waals surface area contributed by atoms with Crippen LogP contribution in [0.1, 0.15) is 31.9 Å². The second-order valence-electron chi connectivity index (χ2n) is 6.50. The van der Waals surface area contributed by atoms with Crippen molar-refractivity contribution in [3.63, 3.8) is 0 Å². The summed E-state index contributed by atoms with van der Waals surface area (Å²) in [7, 11) is 0. The fraction of sp³-hybridized carbons (Fsp3) is 0.211. The zero-order valence-electron chi connectivity index (χ0n) is 13.9. The summed E-state index contributed by atoms with van der Waals surface area (Å²) in [6.45, 7) is 6.38. The smallest absolute Gasteiger partial charge is 0.270 e. The Bertz CT molecular complexity index is 772. The molecule has 1 N–H and O–H groups in total. The zero-order chi connectivity index (χ0) is 17.7. The number of anilines is 1. The molecule has 2 rings (SSSR count). The van der Waals surface area contributed by atoms with Crippen molar-refractivity contribution in [3.05, 3.63) is 75.8 Å². The minimum Gasteiger partial charge on any atom is -0.323 e. The molecule has 2 aromatic carbocycles. The topological polar surface area (TPSA) is 72.2 Å². The van der Waals surface area contributed by atoms with E-state index in [9.17, 15) is 14.9 Å².